The van der Waals surface area contributed by atoms with Crippen LogP contribution in [0.3, 0.4) is 0 Å². The van der Waals surface area contributed by atoms with Crippen molar-refractivity contribution in [1.29, 1.82) is 0 Å². The molecule has 2 N–H and O–H groups in total. The minimum atomic E-state index is -0.787. The summed E-state index contributed by atoms with van der Waals surface area (Å²) in [6, 6.07) is 0.364. The summed E-state index contributed by atoms with van der Waals surface area (Å²) in [4.78, 5) is 36.6. The molecule has 112 valence electrons. The number of nitrogens with zero attached hydrogens (tertiary/aromatic N) is 2. The molecule has 3 rings (SSSR count). The lowest BCUT2D eigenvalue weighted by molar-refractivity contribution is -0.134. The lowest BCUT2D eigenvalue weighted by atomic mass is 10.1. The minimum absolute atomic E-state index is 0.0368. The predicted octanol–water partition coefficient (Wildman–Crippen LogP) is 0.245. The lowest BCUT2D eigenvalue weighted by Crippen LogP contribution is -2.38. The van der Waals surface area contributed by atoms with Gasteiger partial charge in [-0.05, 0) is 19.8 Å². The highest BCUT2D eigenvalue weighted by Gasteiger charge is 2.37. The molecule has 0 unspecified atom stereocenters. The van der Waals surface area contributed by atoms with Crippen molar-refractivity contribution >= 4 is 17.8 Å². The maximum Gasteiger partial charge on any atom is 0.322 e. The van der Waals surface area contributed by atoms with E-state index in [1.807, 2.05) is 6.07 Å². The van der Waals surface area contributed by atoms with Gasteiger partial charge in [0.15, 0.2) is 0 Å². The number of urea groups is 1. The van der Waals surface area contributed by atoms with Crippen molar-refractivity contribution in [3.63, 3.8) is 0 Å². The monoisotopic (exact) mass is 292 g/mol. The molecule has 2 saturated heterocycles. The third kappa shape index (κ3) is 2.61. The Bertz CT molecular complexity index is 597. The van der Waals surface area contributed by atoms with Gasteiger partial charge in [0, 0.05) is 12.6 Å². The van der Waals surface area contributed by atoms with Crippen LogP contribution in [-0.4, -0.2) is 40.5 Å². The van der Waals surface area contributed by atoms with Gasteiger partial charge in [-0.15, -0.1) is 0 Å². The Kier molecular flexibility index (Phi) is 3.36. The zero-order valence-corrected chi connectivity index (χ0v) is 11.6. The molecule has 2 aliphatic rings. The molecule has 8 heteroatoms. The van der Waals surface area contributed by atoms with Crippen molar-refractivity contribution in [2.45, 2.75) is 38.3 Å². The number of carbonyl (C=O) groups is 3. The molecule has 3 heterocycles. The zero-order chi connectivity index (χ0) is 15.0. The van der Waals surface area contributed by atoms with Gasteiger partial charge in [-0.3, -0.25) is 14.9 Å². The number of likely N-dealkylation sites (tertiary alicyclic amines) is 1. The SMILES string of the molecule is Cc1cc([C@@H]2CCCN2C(=O)C[C@H]2NC(=O)NC2=O)no1. The van der Waals surface area contributed by atoms with Crippen molar-refractivity contribution in [2.75, 3.05) is 6.54 Å². The van der Waals surface area contributed by atoms with Gasteiger partial charge < -0.3 is 14.7 Å². The summed E-state index contributed by atoms with van der Waals surface area (Å²) >= 11 is 0. The standard InChI is InChI=1S/C13H16N4O4/c1-7-5-8(16-21-7)10-3-2-4-17(10)11(18)6-9-12(19)15-13(20)14-9/h5,9-10H,2-4,6H2,1H3,(H2,14,15,19,20)/t9-,10+/m1/s1. The van der Waals surface area contributed by atoms with E-state index in [0.717, 1.165) is 18.5 Å². The second kappa shape index (κ2) is 5.19. The first kappa shape index (κ1) is 13.6. The summed E-state index contributed by atoms with van der Waals surface area (Å²) in [7, 11) is 0. The van der Waals surface area contributed by atoms with E-state index in [0.29, 0.717) is 12.3 Å². The number of amides is 4. The van der Waals surface area contributed by atoms with E-state index >= 15 is 0 Å². The maximum atomic E-state index is 12.4. The first-order chi connectivity index (χ1) is 10.0. The van der Waals surface area contributed by atoms with Gasteiger partial charge in [0.05, 0.1) is 12.5 Å². The van der Waals surface area contributed by atoms with Crippen LogP contribution in [0, 0.1) is 6.92 Å². The van der Waals surface area contributed by atoms with Gasteiger partial charge in [0.25, 0.3) is 5.91 Å². The van der Waals surface area contributed by atoms with E-state index < -0.39 is 18.0 Å². The zero-order valence-electron chi connectivity index (χ0n) is 11.6. The van der Waals surface area contributed by atoms with Crippen LogP contribution in [0.2, 0.25) is 0 Å². The number of aromatic nitrogens is 1. The molecule has 0 spiro atoms. The fourth-order valence-electron chi connectivity index (χ4n) is 2.81. The molecule has 2 fully saturated rings. The molecular formula is C13H16N4O4. The lowest BCUT2D eigenvalue weighted by Gasteiger charge is -2.23. The van der Waals surface area contributed by atoms with Gasteiger partial charge in [0.1, 0.15) is 17.5 Å². The predicted molar refractivity (Wildman–Crippen MR) is 70.0 cm³/mol. The largest absolute Gasteiger partial charge is 0.361 e. The number of aryl methyl sites for hydroxylation is 1. The Labute approximate surface area is 120 Å². The maximum absolute atomic E-state index is 12.4. The Hall–Kier alpha value is -2.38. The summed E-state index contributed by atoms with van der Waals surface area (Å²) in [5.74, 6) is 0.0774. The minimum Gasteiger partial charge on any atom is -0.361 e. The second-order valence-corrected chi connectivity index (χ2v) is 5.33. The number of carbonyl (C=O) groups excluding carboxylic acids is 3. The normalized spacial score (nSPS) is 25.1. The van der Waals surface area contributed by atoms with Crippen LogP contribution in [0.25, 0.3) is 0 Å². The van der Waals surface area contributed by atoms with Crippen LogP contribution in [0.5, 0.6) is 0 Å². The van der Waals surface area contributed by atoms with E-state index in [4.69, 9.17) is 4.52 Å². The first-order valence-corrected chi connectivity index (χ1v) is 6.88. The number of hydrogen-bond acceptors (Lipinski definition) is 5. The summed E-state index contributed by atoms with van der Waals surface area (Å²) in [5, 5.41) is 8.53. The number of nitrogens with one attached hydrogen (secondary N) is 2. The Morgan fingerprint density at radius 2 is 2.33 bits per heavy atom. The quantitative estimate of drug-likeness (QED) is 0.777. The molecule has 0 aliphatic carbocycles. The molecule has 0 radical (unpaired) electrons. The van der Waals surface area contributed by atoms with E-state index in [-0.39, 0.29) is 18.4 Å². The molecule has 0 saturated carbocycles. The Morgan fingerprint density at radius 1 is 1.52 bits per heavy atom. The highest BCUT2D eigenvalue weighted by Crippen LogP contribution is 2.32. The molecule has 0 aromatic carbocycles. The summed E-state index contributed by atoms with van der Waals surface area (Å²) in [6.45, 7) is 2.42. The van der Waals surface area contributed by atoms with Crippen LogP contribution in [0.1, 0.15) is 36.8 Å². The Balaban J connectivity index is 1.69. The van der Waals surface area contributed by atoms with Crippen molar-refractivity contribution in [3.8, 4) is 0 Å². The molecule has 2 atom stereocenters. The highest BCUT2D eigenvalue weighted by atomic mass is 16.5. The van der Waals surface area contributed by atoms with Crippen molar-refractivity contribution in [3.05, 3.63) is 17.5 Å². The molecule has 1 aromatic heterocycles. The molecule has 21 heavy (non-hydrogen) atoms. The second-order valence-electron chi connectivity index (χ2n) is 5.33. The molecular weight excluding hydrogens is 276 g/mol. The van der Waals surface area contributed by atoms with Gasteiger partial charge >= 0.3 is 6.03 Å². The van der Waals surface area contributed by atoms with E-state index in [2.05, 4.69) is 15.8 Å². The topological polar surface area (TPSA) is 105 Å². The summed E-state index contributed by atoms with van der Waals surface area (Å²) in [6.07, 6.45) is 1.66. The molecule has 8 nitrogen and oxygen atoms in total. The van der Waals surface area contributed by atoms with E-state index in [1.54, 1.807) is 11.8 Å². The van der Waals surface area contributed by atoms with Crippen molar-refractivity contribution in [1.82, 2.24) is 20.7 Å². The third-order valence-corrected chi connectivity index (χ3v) is 3.80. The number of hydrogen-bond donors (Lipinski definition) is 2. The van der Waals surface area contributed by atoms with Crippen LogP contribution >= 0.6 is 0 Å². The van der Waals surface area contributed by atoms with Gasteiger partial charge in [-0.25, -0.2) is 4.79 Å². The fraction of sp³-hybridized carbons (Fsp3) is 0.538. The van der Waals surface area contributed by atoms with Crippen LogP contribution < -0.4 is 10.6 Å². The van der Waals surface area contributed by atoms with Crippen LogP contribution in [0.15, 0.2) is 10.6 Å². The van der Waals surface area contributed by atoms with Gasteiger partial charge in [0.2, 0.25) is 5.91 Å². The molecule has 1 aromatic rings. The third-order valence-electron chi connectivity index (χ3n) is 3.80. The fourth-order valence-corrected chi connectivity index (χ4v) is 2.81. The summed E-state index contributed by atoms with van der Waals surface area (Å²) < 4.78 is 5.06. The summed E-state index contributed by atoms with van der Waals surface area (Å²) in [5.41, 5.74) is 0.734. The van der Waals surface area contributed by atoms with Gasteiger partial charge in [-0.2, -0.15) is 0 Å². The first-order valence-electron chi connectivity index (χ1n) is 6.88. The van der Waals surface area contributed by atoms with E-state index in [9.17, 15) is 14.4 Å². The molecule has 0 bridgehead atoms. The highest BCUT2D eigenvalue weighted by molar-refractivity contribution is 6.05. The van der Waals surface area contributed by atoms with Crippen molar-refractivity contribution < 1.29 is 18.9 Å². The number of imide groups is 1. The Morgan fingerprint density at radius 3 is 2.95 bits per heavy atom. The van der Waals surface area contributed by atoms with E-state index in [1.165, 1.54) is 0 Å². The average molecular weight is 292 g/mol. The van der Waals surface area contributed by atoms with Gasteiger partial charge in [-0.1, -0.05) is 5.16 Å². The molecule has 4 amide bonds. The average Bonchev–Trinajstić information content (AvgIpc) is 3.10. The molecule has 2 aliphatic heterocycles. The van der Waals surface area contributed by atoms with Crippen LogP contribution in [0.4, 0.5) is 4.79 Å². The number of rotatable bonds is 3. The van der Waals surface area contributed by atoms with Crippen molar-refractivity contribution in [2.24, 2.45) is 0 Å². The smallest absolute Gasteiger partial charge is 0.322 e. The van der Waals surface area contributed by atoms with Crippen LogP contribution in [-0.2, 0) is 9.59 Å².